The van der Waals surface area contributed by atoms with Gasteiger partial charge in [-0.25, -0.2) is 4.39 Å². The van der Waals surface area contributed by atoms with E-state index in [1.807, 2.05) is 24.3 Å². The SMILES string of the molecule is COc1cccc(COc2cc(F)cc(C#CCO)c2)c1. The summed E-state index contributed by atoms with van der Waals surface area (Å²) >= 11 is 0. The summed E-state index contributed by atoms with van der Waals surface area (Å²) < 4.78 is 24.2. The van der Waals surface area contributed by atoms with E-state index < -0.39 is 5.82 Å². The molecule has 0 aliphatic rings. The Hall–Kier alpha value is -2.51. The predicted octanol–water partition coefficient (Wildman–Crippen LogP) is 2.76. The third-order valence-electron chi connectivity index (χ3n) is 2.72. The minimum absolute atomic E-state index is 0.267. The zero-order valence-corrected chi connectivity index (χ0v) is 11.6. The van der Waals surface area contributed by atoms with Crippen LogP contribution in [0.5, 0.6) is 11.5 Å². The summed E-state index contributed by atoms with van der Waals surface area (Å²) in [4.78, 5) is 0. The molecule has 0 aliphatic heterocycles. The van der Waals surface area contributed by atoms with Crippen molar-refractivity contribution in [2.75, 3.05) is 13.7 Å². The van der Waals surface area contributed by atoms with Crippen LogP contribution in [-0.2, 0) is 6.61 Å². The second-order valence-electron chi connectivity index (χ2n) is 4.28. The molecule has 0 bridgehead atoms. The van der Waals surface area contributed by atoms with E-state index in [0.717, 1.165) is 11.3 Å². The molecule has 4 heteroatoms. The Morgan fingerprint density at radius 1 is 1.14 bits per heavy atom. The first kappa shape index (κ1) is 14.9. The number of hydrogen-bond acceptors (Lipinski definition) is 3. The standard InChI is InChI=1S/C17H15FO3/c1-20-16-6-2-4-14(10-16)12-21-17-9-13(5-3-7-19)8-15(18)11-17/h2,4,6,8-11,19H,7,12H2,1H3. The monoisotopic (exact) mass is 286 g/mol. The van der Waals surface area contributed by atoms with Gasteiger partial charge in [-0.2, -0.15) is 0 Å². The Bertz CT molecular complexity index is 671. The maximum atomic E-state index is 13.5. The molecule has 0 unspecified atom stereocenters. The molecule has 0 spiro atoms. The first-order valence-corrected chi connectivity index (χ1v) is 6.37. The van der Waals surface area contributed by atoms with Gasteiger partial charge in [-0.05, 0) is 29.8 Å². The molecule has 2 aromatic carbocycles. The molecule has 2 aromatic rings. The van der Waals surface area contributed by atoms with Crippen molar-refractivity contribution >= 4 is 0 Å². The van der Waals surface area contributed by atoms with Crippen LogP contribution in [0.1, 0.15) is 11.1 Å². The van der Waals surface area contributed by atoms with Crippen LogP contribution < -0.4 is 9.47 Å². The van der Waals surface area contributed by atoms with E-state index in [2.05, 4.69) is 11.8 Å². The van der Waals surface area contributed by atoms with Crippen molar-refractivity contribution in [2.45, 2.75) is 6.61 Å². The van der Waals surface area contributed by atoms with Gasteiger partial charge in [0.2, 0.25) is 0 Å². The Kier molecular flexibility index (Phi) is 5.19. The number of benzene rings is 2. The summed E-state index contributed by atoms with van der Waals surface area (Å²) in [7, 11) is 1.60. The van der Waals surface area contributed by atoms with Crippen molar-refractivity contribution in [3.63, 3.8) is 0 Å². The van der Waals surface area contributed by atoms with Crippen LogP contribution in [0.25, 0.3) is 0 Å². The van der Waals surface area contributed by atoms with E-state index in [-0.39, 0.29) is 6.61 Å². The first-order valence-electron chi connectivity index (χ1n) is 6.37. The molecule has 0 heterocycles. The molecule has 0 saturated heterocycles. The van der Waals surface area contributed by atoms with Gasteiger partial charge in [0.15, 0.2) is 0 Å². The van der Waals surface area contributed by atoms with Crippen molar-refractivity contribution in [3.05, 3.63) is 59.4 Å². The lowest BCUT2D eigenvalue weighted by atomic mass is 10.2. The topological polar surface area (TPSA) is 38.7 Å². The van der Waals surface area contributed by atoms with Crippen LogP contribution in [-0.4, -0.2) is 18.8 Å². The fraction of sp³-hybridized carbons (Fsp3) is 0.176. The molecular formula is C17H15FO3. The molecule has 0 radical (unpaired) electrons. The highest BCUT2D eigenvalue weighted by atomic mass is 19.1. The molecule has 0 atom stereocenters. The van der Waals surface area contributed by atoms with E-state index >= 15 is 0 Å². The number of aliphatic hydroxyl groups excluding tert-OH is 1. The van der Waals surface area contributed by atoms with Gasteiger partial charge in [0.1, 0.15) is 30.5 Å². The van der Waals surface area contributed by atoms with Crippen molar-refractivity contribution in [3.8, 4) is 23.3 Å². The van der Waals surface area contributed by atoms with Crippen molar-refractivity contribution < 1.29 is 19.0 Å². The Morgan fingerprint density at radius 2 is 2.00 bits per heavy atom. The molecule has 0 saturated carbocycles. The summed E-state index contributed by atoms with van der Waals surface area (Å²) in [6, 6.07) is 11.7. The van der Waals surface area contributed by atoms with Crippen LogP contribution in [0.3, 0.4) is 0 Å². The minimum atomic E-state index is -0.430. The van der Waals surface area contributed by atoms with Crippen LogP contribution >= 0.6 is 0 Å². The van der Waals surface area contributed by atoms with E-state index in [1.54, 1.807) is 13.2 Å². The third-order valence-corrected chi connectivity index (χ3v) is 2.72. The summed E-state index contributed by atoms with van der Waals surface area (Å²) in [6.45, 7) is 0.0318. The fourth-order valence-electron chi connectivity index (χ4n) is 1.79. The highest BCUT2D eigenvalue weighted by Crippen LogP contribution is 2.19. The molecule has 21 heavy (non-hydrogen) atoms. The summed E-state index contributed by atoms with van der Waals surface area (Å²) in [5.41, 5.74) is 1.38. The molecule has 108 valence electrons. The van der Waals surface area contributed by atoms with E-state index in [0.29, 0.717) is 17.9 Å². The molecule has 3 nitrogen and oxygen atoms in total. The van der Waals surface area contributed by atoms with Gasteiger partial charge in [0, 0.05) is 11.6 Å². The zero-order chi connectivity index (χ0) is 15.1. The molecule has 2 rings (SSSR count). The highest BCUT2D eigenvalue weighted by Gasteiger charge is 2.02. The van der Waals surface area contributed by atoms with Gasteiger partial charge in [-0.1, -0.05) is 24.0 Å². The second-order valence-corrected chi connectivity index (χ2v) is 4.28. The number of methoxy groups -OCH3 is 1. The second kappa shape index (κ2) is 7.32. The van der Waals surface area contributed by atoms with E-state index in [4.69, 9.17) is 14.6 Å². The Labute approximate surface area is 122 Å². The quantitative estimate of drug-likeness (QED) is 0.878. The van der Waals surface area contributed by atoms with Crippen LogP contribution in [0, 0.1) is 17.7 Å². The van der Waals surface area contributed by atoms with Crippen LogP contribution in [0.4, 0.5) is 4.39 Å². The largest absolute Gasteiger partial charge is 0.497 e. The van der Waals surface area contributed by atoms with Crippen LogP contribution in [0.15, 0.2) is 42.5 Å². The average Bonchev–Trinajstić information content (AvgIpc) is 2.50. The van der Waals surface area contributed by atoms with Crippen LogP contribution in [0.2, 0.25) is 0 Å². The maximum Gasteiger partial charge on any atom is 0.128 e. The van der Waals surface area contributed by atoms with Gasteiger partial charge in [-0.15, -0.1) is 0 Å². The number of rotatable bonds is 4. The predicted molar refractivity (Wildman–Crippen MR) is 77.7 cm³/mol. The fourth-order valence-corrected chi connectivity index (χ4v) is 1.79. The molecule has 0 aromatic heterocycles. The first-order chi connectivity index (χ1) is 10.2. The smallest absolute Gasteiger partial charge is 0.128 e. The van der Waals surface area contributed by atoms with Gasteiger partial charge in [-0.3, -0.25) is 0 Å². The molecular weight excluding hydrogens is 271 g/mol. The Morgan fingerprint density at radius 3 is 2.76 bits per heavy atom. The lowest BCUT2D eigenvalue weighted by Gasteiger charge is -2.08. The number of hydrogen-bond donors (Lipinski definition) is 1. The zero-order valence-electron chi connectivity index (χ0n) is 11.6. The van der Waals surface area contributed by atoms with Gasteiger partial charge in [0.05, 0.1) is 7.11 Å². The molecule has 1 N–H and O–H groups in total. The number of ether oxygens (including phenoxy) is 2. The van der Waals surface area contributed by atoms with E-state index in [1.165, 1.54) is 12.1 Å². The average molecular weight is 286 g/mol. The van der Waals surface area contributed by atoms with Crippen molar-refractivity contribution in [1.29, 1.82) is 0 Å². The molecule has 0 amide bonds. The summed E-state index contributed by atoms with van der Waals surface area (Å²) in [5, 5.41) is 8.66. The van der Waals surface area contributed by atoms with Gasteiger partial charge < -0.3 is 14.6 Å². The van der Waals surface area contributed by atoms with Crippen molar-refractivity contribution in [1.82, 2.24) is 0 Å². The molecule has 0 aliphatic carbocycles. The third kappa shape index (κ3) is 4.51. The number of aliphatic hydroxyl groups is 1. The molecule has 0 fully saturated rings. The summed E-state index contributed by atoms with van der Waals surface area (Å²) in [6.07, 6.45) is 0. The lowest BCUT2D eigenvalue weighted by molar-refractivity contribution is 0.303. The lowest BCUT2D eigenvalue weighted by Crippen LogP contribution is -1.97. The van der Waals surface area contributed by atoms with Gasteiger partial charge >= 0.3 is 0 Å². The van der Waals surface area contributed by atoms with Crippen molar-refractivity contribution in [2.24, 2.45) is 0 Å². The minimum Gasteiger partial charge on any atom is -0.497 e. The van der Waals surface area contributed by atoms with Gasteiger partial charge in [0.25, 0.3) is 0 Å². The van der Waals surface area contributed by atoms with E-state index in [9.17, 15) is 4.39 Å². The summed E-state index contributed by atoms with van der Waals surface area (Å²) in [5.74, 6) is 5.83. The normalized spacial score (nSPS) is 9.67. The highest BCUT2D eigenvalue weighted by molar-refractivity contribution is 5.40. The maximum absolute atomic E-state index is 13.5. The number of halogens is 1. The Balaban J connectivity index is 2.10.